The molecule has 1 aromatic carbocycles. The van der Waals surface area contributed by atoms with Crippen LogP contribution in [0.1, 0.15) is 38.7 Å². The zero-order valence-corrected chi connectivity index (χ0v) is 12.9. The van der Waals surface area contributed by atoms with Gasteiger partial charge in [0.1, 0.15) is 11.6 Å². The summed E-state index contributed by atoms with van der Waals surface area (Å²) in [7, 11) is 0. The van der Waals surface area contributed by atoms with E-state index >= 15 is 0 Å². The van der Waals surface area contributed by atoms with Crippen LogP contribution in [0.25, 0.3) is 0 Å². The Hall–Kier alpha value is -2.03. The van der Waals surface area contributed by atoms with Crippen molar-refractivity contribution < 1.29 is 4.74 Å². The second kappa shape index (κ2) is 8.30. The molecule has 0 aliphatic rings. The predicted molar refractivity (Wildman–Crippen MR) is 88.1 cm³/mol. The van der Waals surface area contributed by atoms with Crippen LogP contribution < -0.4 is 10.1 Å². The highest BCUT2D eigenvalue weighted by Crippen LogP contribution is 2.21. The average Bonchev–Trinajstić information content (AvgIpc) is 2.53. The summed E-state index contributed by atoms with van der Waals surface area (Å²) in [6.07, 6.45) is 4.66. The van der Waals surface area contributed by atoms with Gasteiger partial charge in [-0.3, -0.25) is 0 Å². The smallest absolute Gasteiger partial charge is 0.221 e. The van der Waals surface area contributed by atoms with Gasteiger partial charge in [-0.25, -0.2) is 0 Å². The highest BCUT2D eigenvalue weighted by atomic mass is 16.5. The molecule has 0 aliphatic carbocycles. The Bertz CT molecular complexity index is 537. The average molecular weight is 284 g/mol. The molecule has 1 aromatic heterocycles. The molecule has 112 valence electrons. The van der Waals surface area contributed by atoms with Crippen molar-refractivity contribution in [2.75, 3.05) is 11.9 Å². The summed E-state index contributed by atoms with van der Waals surface area (Å²) >= 11 is 0. The van der Waals surface area contributed by atoms with Gasteiger partial charge in [-0.1, -0.05) is 38.5 Å². The number of aromatic nitrogens is 1. The maximum Gasteiger partial charge on any atom is 0.221 e. The van der Waals surface area contributed by atoms with Gasteiger partial charge in [0, 0.05) is 12.6 Å². The fourth-order valence-electron chi connectivity index (χ4n) is 2.05. The molecule has 0 bridgehead atoms. The van der Waals surface area contributed by atoms with Crippen LogP contribution in [0, 0.1) is 0 Å². The van der Waals surface area contributed by atoms with Gasteiger partial charge in [-0.2, -0.15) is 4.98 Å². The summed E-state index contributed by atoms with van der Waals surface area (Å²) < 4.78 is 5.81. The van der Waals surface area contributed by atoms with Gasteiger partial charge in [0.25, 0.3) is 0 Å². The minimum absolute atomic E-state index is 0.623. The highest BCUT2D eigenvalue weighted by molar-refractivity contribution is 5.38. The fourth-order valence-corrected chi connectivity index (χ4v) is 2.05. The van der Waals surface area contributed by atoms with Crippen LogP contribution in [0.15, 0.2) is 42.5 Å². The summed E-state index contributed by atoms with van der Waals surface area (Å²) in [4.78, 5) is 4.44. The molecule has 1 N–H and O–H groups in total. The van der Waals surface area contributed by atoms with Crippen LogP contribution in [-0.2, 0) is 6.42 Å². The summed E-state index contributed by atoms with van der Waals surface area (Å²) in [6.45, 7) is 5.26. The van der Waals surface area contributed by atoms with E-state index in [0.717, 1.165) is 31.0 Å². The van der Waals surface area contributed by atoms with Gasteiger partial charge in [-0.05, 0) is 43.0 Å². The minimum Gasteiger partial charge on any atom is -0.439 e. The van der Waals surface area contributed by atoms with E-state index in [1.165, 1.54) is 18.4 Å². The number of benzene rings is 1. The molecule has 3 nitrogen and oxygen atoms in total. The molecular weight excluding hydrogens is 260 g/mol. The molecule has 0 radical (unpaired) electrons. The number of anilines is 1. The van der Waals surface area contributed by atoms with Gasteiger partial charge in [0.15, 0.2) is 0 Å². The lowest BCUT2D eigenvalue weighted by Crippen LogP contribution is -2.02. The number of hydrogen-bond donors (Lipinski definition) is 1. The second-order valence-electron chi connectivity index (χ2n) is 5.14. The molecule has 0 amide bonds. The molecule has 0 spiro atoms. The van der Waals surface area contributed by atoms with Crippen molar-refractivity contribution in [3.8, 4) is 11.6 Å². The summed E-state index contributed by atoms with van der Waals surface area (Å²) in [5, 5.41) is 3.26. The quantitative estimate of drug-likeness (QED) is 0.737. The molecule has 0 unspecified atom stereocenters. The summed E-state index contributed by atoms with van der Waals surface area (Å²) in [6, 6.07) is 14.1. The molecule has 1 heterocycles. The Kier molecular flexibility index (Phi) is 6.07. The molecule has 0 atom stereocenters. The summed E-state index contributed by atoms with van der Waals surface area (Å²) in [5.41, 5.74) is 1.36. The number of nitrogens with one attached hydrogen (secondary N) is 1. The van der Waals surface area contributed by atoms with Gasteiger partial charge in [0.2, 0.25) is 5.88 Å². The molecule has 2 rings (SSSR count). The van der Waals surface area contributed by atoms with Crippen molar-refractivity contribution >= 4 is 5.82 Å². The van der Waals surface area contributed by atoms with Gasteiger partial charge in [-0.15, -0.1) is 0 Å². The maximum atomic E-state index is 5.81. The Morgan fingerprint density at radius 1 is 1.00 bits per heavy atom. The normalized spacial score (nSPS) is 10.4. The molecule has 0 saturated heterocycles. The molecule has 3 heteroatoms. The Morgan fingerprint density at radius 3 is 2.52 bits per heavy atom. The Morgan fingerprint density at radius 2 is 1.81 bits per heavy atom. The van der Waals surface area contributed by atoms with E-state index < -0.39 is 0 Å². The maximum absolute atomic E-state index is 5.81. The van der Waals surface area contributed by atoms with Crippen LogP contribution >= 0.6 is 0 Å². The number of pyridine rings is 1. The van der Waals surface area contributed by atoms with Crippen molar-refractivity contribution in [3.63, 3.8) is 0 Å². The molecule has 0 fully saturated rings. The molecular formula is C18H24N2O. The first-order valence-electron chi connectivity index (χ1n) is 7.79. The number of unbranched alkanes of at least 4 members (excludes halogenated alkanes) is 1. The first-order valence-corrected chi connectivity index (χ1v) is 7.79. The van der Waals surface area contributed by atoms with E-state index in [9.17, 15) is 0 Å². The third-order valence-corrected chi connectivity index (χ3v) is 3.24. The number of nitrogens with zero attached hydrogens (tertiary/aromatic N) is 1. The van der Waals surface area contributed by atoms with Crippen LogP contribution in [0.3, 0.4) is 0 Å². The molecule has 21 heavy (non-hydrogen) atoms. The van der Waals surface area contributed by atoms with Crippen molar-refractivity contribution in [1.29, 1.82) is 0 Å². The first-order chi connectivity index (χ1) is 10.3. The Labute approximate surface area is 127 Å². The van der Waals surface area contributed by atoms with E-state index in [1.807, 2.05) is 30.3 Å². The lowest BCUT2D eigenvalue weighted by atomic mass is 10.1. The third-order valence-electron chi connectivity index (χ3n) is 3.24. The van der Waals surface area contributed by atoms with E-state index in [0.29, 0.717) is 5.88 Å². The van der Waals surface area contributed by atoms with Gasteiger partial charge < -0.3 is 10.1 Å². The zero-order chi connectivity index (χ0) is 14.9. The van der Waals surface area contributed by atoms with Gasteiger partial charge >= 0.3 is 0 Å². The van der Waals surface area contributed by atoms with Crippen molar-refractivity contribution in [3.05, 3.63) is 48.0 Å². The van der Waals surface area contributed by atoms with Crippen molar-refractivity contribution in [2.45, 2.75) is 39.5 Å². The minimum atomic E-state index is 0.623. The van der Waals surface area contributed by atoms with Gasteiger partial charge in [0.05, 0.1) is 0 Å². The molecule has 0 saturated carbocycles. The van der Waals surface area contributed by atoms with E-state index in [2.05, 4.69) is 36.3 Å². The zero-order valence-electron chi connectivity index (χ0n) is 12.9. The monoisotopic (exact) mass is 284 g/mol. The van der Waals surface area contributed by atoms with Crippen molar-refractivity contribution in [2.24, 2.45) is 0 Å². The SMILES string of the molecule is CCCCc1ccc(Oc2cccc(NCCC)n2)cc1. The molecule has 0 aliphatic heterocycles. The fraction of sp³-hybridized carbons (Fsp3) is 0.389. The second-order valence-corrected chi connectivity index (χ2v) is 5.14. The van der Waals surface area contributed by atoms with Crippen LogP contribution in [0.2, 0.25) is 0 Å². The van der Waals surface area contributed by atoms with Crippen LogP contribution in [-0.4, -0.2) is 11.5 Å². The topological polar surface area (TPSA) is 34.1 Å². The van der Waals surface area contributed by atoms with E-state index in [4.69, 9.17) is 4.74 Å². The lowest BCUT2D eigenvalue weighted by Gasteiger charge is -2.08. The van der Waals surface area contributed by atoms with Crippen LogP contribution in [0.4, 0.5) is 5.82 Å². The predicted octanol–water partition coefficient (Wildman–Crippen LogP) is 5.04. The van der Waals surface area contributed by atoms with Crippen molar-refractivity contribution in [1.82, 2.24) is 4.98 Å². The first kappa shape index (κ1) is 15.4. The Balaban J connectivity index is 1.97. The van der Waals surface area contributed by atoms with Crippen LogP contribution in [0.5, 0.6) is 11.6 Å². The largest absolute Gasteiger partial charge is 0.439 e. The number of ether oxygens (including phenoxy) is 1. The lowest BCUT2D eigenvalue weighted by molar-refractivity contribution is 0.463. The van der Waals surface area contributed by atoms with E-state index in [-0.39, 0.29) is 0 Å². The third kappa shape index (κ3) is 5.10. The molecule has 2 aromatic rings. The number of aryl methyl sites for hydroxylation is 1. The standard InChI is InChI=1S/C18H24N2O/c1-3-5-7-15-10-12-16(13-11-15)21-18-9-6-8-17(20-18)19-14-4-2/h6,8-13H,3-5,7,14H2,1-2H3,(H,19,20). The van der Waals surface area contributed by atoms with E-state index in [1.54, 1.807) is 0 Å². The number of hydrogen-bond acceptors (Lipinski definition) is 3. The number of rotatable bonds is 8. The summed E-state index contributed by atoms with van der Waals surface area (Å²) in [5.74, 6) is 2.31. The highest BCUT2D eigenvalue weighted by Gasteiger charge is 2.01.